The van der Waals surface area contributed by atoms with Gasteiger partial charge in [-0.1, -0.05) is 12.1 Å². The predicted octanol–water partition coefficient (Wildman–Crippen LogP) is 2.11. The lowest BCUT2D eigenvalue weighted by atomic mass is 10.1. The van der Waals surface area contributed by atoms with Gasteiger partial charge in [-0.25, -0.2) is 9.97 Å². The second kappa shape index (κ2) is 4.37. The molecule has 1 aromatic carbocycles. The zero-order valence-corrected chi connectivity index (χ0v) is 10.4. The predicted molar refractivity (Wildman–Crippen MR) is 70.7 cm³/mol. The number of hydrogen-bond acceptors (Lipinski definition) is 4. The molecule has 1 aromatic heterocycles. The van der Waals surface area contributed by atoms with Gasteiger partial charge in [-0.2, -0.15) is 0 Å². The number of Topliss-reactive ketones (excluding diaryl/α,β-unsaturated/α-hetero) is 1. The highest BCUT2D eigenvalue weighted by atomic mass is 16.1. The van der Waals surface area contributed by atoms with E-state index in [1.165, 1.54) is 0 Å². The fraction of sp³-hybridized carbons (Fsp3) is 0.357. The van der Waals surface area contributed by atoms with Gasteiger partial charge in [0.05, 0.1) is 16.7 Å². The molecule has 0 unspecified atom stereocenters. The molecule has 0 spiro atoms. The van der Waals surface area contributed by atoms with Crippen molar-refractivity contribution in [3.8, 4) is 0 Å². The van der Waals surface area contributed by atoms with E-state index in [0.717, 1.165) is 35.6 Å². The zero-order chi connectivity index (χ0) is 12.5. The van der Waals surface area contributed by atoms with Crippen LogP contribution in [0.5, 0.6) is 0 Å². The van der Waals surface area contributed by atoms with Gasteiger partial charge in [0.2, 0.25) is 0 Å². The molecule has 1 saturated heterocycles. The number of fused-ring (bicyclic) bond motifs is 1. The highest BCUT2D eigenvalue weighted by Gasteiger charge is 2.19. The summed E-state index contributed by atoms with van der Waals surface area (Å²) in [6, 6.07) is 7.88. The van der Waals surface area contributed by atoms with Crippen LogP contribution in [0.3, 0.4) is 0 Å². The van der Waals surface area contributed by atoms with Crippen LogP contribution in [0, 0.1) is 6.92 Å². The summed E-state index contributed by atoms with van der Waals surface area (Å²) in [6.07, 6.45) is 1.24. The van der Waals surface area contributed by atoms with E-state index in [0.29, 0.717) is 18.6 Å². The Morgan fingerprint density at radius 1 is 1.06 bits per heavy atom. The molecule has 2 aromatic rings. The van der Waals surface area contributed by atoms with Crippen molar-refractivity contribution in [3.63, 3.8) is 0 Å². The van der Waals surface area contributed by atoms with Crippen molar-refractivity contribution < 1.29 is 4.79 Å². The Labute approximate surface area is 106 Å². The third kappa shape index (κ3) is 1.94. The van der Waals surface area contributed by atoms with E-state index in [-0.39, 0.29) is 0 Å². The Bertz CT molecular complexity index is 599. The Kier molecular flexibility index (Phi) is 2.70. The van der Waals surface area contributed by atoms with Crippen LogP contribution in [0.4, 0.5) is 5.82 Å². The van der Waals surface area contributed by atoms with E-state index >= 15 is 0 Å². The van der Waals surface area contributed by atoms with Crippen LogP contribution in [-0.4, -0.2) is 28.8 Å². The number of aryl methyl sites for hydroxylation is 1. The molecule has 4 heteroatoms. The van der Waals surface area contributed by atoms with E-state index in [9.17, 15) is 4.79 Å². The van der Waals surface area contributed by atoms with Crippen LogP contribution in [0.2, 0.25) is 0 Å². The van der Waals surface area contributed by atoms with Crippen molar-refractivity contribution in [1.29, 1.82) is 0 Å². The first-order valence-electron chi connectivity index (χ1n) is 6.24. The molecule has 0 radical (unpaired) electrons. The summed E-state index contributed by atoms with van der Waals surface area (Å²) < 4.78 is 0. The number of hydrogen-bond donors (Lipinski definition) is 0. The van der Waals surface area contributed by atoms with Gasteiger partial charge in [0.15, 0.2) is 5.82 Å². The van der Waals surface area contributed by atoms with Crippen LogP contribution in [-0.2, 0) is 4.79 Å². The molecule has 1 aliphatic heterocycles. The van der Waals surface area contributed by atoms with Gasteiger partial charge >= 0.3 is 0 Å². The van der Waals surface area contributed by atoms with Crippen LogP contribution in [0.25, 0.3) is 11.0 Å². The van der Waals surface area contributed by atoms with Gasteiger partial charge < -0.3 is 4.90 Å². The number of piperidine rings is 1. The molecule has 0 atom stereocenters. The van der Waals surface area contributed by atoms with Crippen molar-refractivity contribution in [2.24, 2.45) is 0 Å². The molecule has 92 valence electrons. The molecular weight excluding hydrogens is 226 g/mol. The van der Waals surface area contributed by atoms with Gasteiger partial charge in [-0.15, -0.1) is 0 Å². The topological polar surface area (TPSA) is 46.1 Å². The number of carbonyl (C=O) groups excluding carboxylic acids is 1. The van der Waals surface area contributed by atoms with E-state index in [1.807, 2.05) is 31.2 Å². The van der Waals surface area contributed by atoms with Crippen LogP contribution in [0.15, 0.2) is 24.3 Å². The first kappa shape index (κ1) is 11.1. The first-order valence-corrected chi connectivity index (χ1v) is 6.24. The molecule has 0 saturated carbocycles. The van der Waals surface area contributed by atoms with E-state index in [2.05, 4.69) is 14.9 Å². The Hall–Kier alpha value is -1.97. The largest absolute Gasteiger partial charge is 0.354 e. The second-order valence-corrected chi connectivity index (χ2v) is 4.65. The third-order valence-electron chi connectivity index (χ3n) is 3.34. The van der Waals surface area contributed by atoms with Gasteiger partial charge in [-0.3, -0.25) is 4.79 Å². The molecule has 3 rings (SSSR count). The van der Waals surface area contributed by atoms with Crippen molar-refractivity contribution in [1.82, 2.24) is 9.97 Å². The van der Waals surface area contributed by atoms with E-state index < -0.39 is 0 Å². The zero-order valence-electron chi connectivity index (χ0n) is 10.4. The van der Waals surface area contributed by atoms with Gasteiger partial charge in [0.25, 0.3) is 0 Å². The van der Waals surface area contributed by atoms with Crippen molar-refractivity contribution in [2.75, 3.05) is 18.0 Å². The van der Waals surface area contributed by atoms with Gasteiger partial charge in [-0.05, 0) is 19.1 Å². The van der Waals surface area contributed by atoms with Gasteiger partial charge in [0.1, 0.15) is 5.78 Å². The Balaban J connectivity index is 2.01. The molecule has 4 nitrogen and oxygen atoms in total. The monoisotopic (exact) mass is 241 g/mol. The fourth-order valence-electron chi connectivity index (χ4n) is 2.35. The smallest absolute Gasteiger partial charge is 0.150 e. The van der Waals surface area contributed by atoms with Crippen LogP contribution < -0.4 is 4.90 Å². The number of carbonyl (C=O) groups is 1. The standard InChI is InChI=1S/C14H15N3O/c1-10-14(17-8-6-11(18)7-9-17)16-13-5-3-2-4-12(13)15-10/h2-5H,6-9H2,1H3. The minimum Gasteiger partial charge on any atom is -0.354 e. The summed E-state index contributed by atoms with van der Waals surface area (Å²) in [5.41, 5.74) is 2.77. The molecule has 1 aliphatic rings. The summed E-state index contributed by atoms with van der Waals surface area (Å²) in [5.74, 6) is 1.26. The molecule has 1 fully saturated rings. The molecule has 0 amide bonds. The lowest BCUT2D eigenvalue weighted by Gasteiger charge is -2.28. The second-order valence-electron chi connectivity index (χ2n) is 4.65. The third-order valence-corrected chi connectivity index (χ3v) is 3.34. The molecule has 0 N–H and O–H groups in total. The summed E-state index contributed by atoms with van der Waals surface area (Å²) in [5, 5.41) is 0. The van der Waals surface area contributed by atoms with E-state index in [4.69, 9.17) is 0 Å². The van der Waals surface area contributed by atoms with Crippen molar-refractivity contribution in [3.05, 3.63) is 30.0 Å². The maximum atomic E-state index is 11.3. The maximum Gasteiger partial charge on any atom is 0.150 e. The summed E-state index contributed by atoms with van der Waals surface area (Å²) in [6.45, 7) is 3.49. The number of ketones is 1. The molecular formula is C14H15N3O. The number of benzene rings is 1. The lowest BCUT2D eigenvalue weighted by molar-refractivity contribution is -0.119. The van der Waals surface area contributed by atoms with Crippen molar-refractivity contribution in [2.45, 2.75) is 19.8 Å². The molecule has 0 aliphatic carbocycles. The highest BCUT2D eigenvalue weighted by Crippen LogP contribution is 2.22. The normalized spacial score (nSPS) is 16.3. The van der Waals surface area contributed by atoms with Gasteiger partial charge in [0, 0.05) is 25.9 Å². The summed E-state index contributed by atoms with van der Waals surface area (Å²) in [4.78, 5) is 22.7. The fourth-order valence-corrected chi connectivity index (χ4v) is 2.35. The van der Waals surface area contributed by atoms with E-state index in [1.54, 1.807) is 0 Å². The number of aromatic nitrogens is 2. The Morgan fingerprint density at radius 3 is 2.33 bits per heavy atom. The Morgan fingerprint density at radius 2 is 1.67 bits per heavy atom. The minimum atomic E-state index is 0.345. The SMILES string of the molecule is Cc1nc2ccccc2nc1N1CCC(=O)CC1. The average molecular weight is 241 g/mol. The molecule has 18 heavy (non-hydrogen) atoms. The van der Waals surface area contributed by atoms with Crippen LogP contribution in [0.1, 0.15) is 18.5 Å². The number of para-hydroxylation sites is 2. The number of anilines is 1. The average Bonchev–Trinajstić information content (AvgIpc) is 2.39. The van der Waals surface area contributed by atoms with Crippen molar-refractivity contribution >= 4 is 22.6 Å². The summed E-state index contributed by atoms with van der Waals surface area (Å²) in [7, 11) is 0. The lowest BCUT2D eigenvalue weighted by Crippen LogP contribution is -2.35. The first-order chi connectivity index (χ1) is 8.74. The number of nitrogens with zero attached hydrogens (tertiary/aromatic N) is 3. The minimum absolute atomic E-state index is 0.345. The quantitative estimate of drug-likeness (QED) is 0.767. The highest BCUT2D eigenvalue weighted by molar-refractivity contribution is 5.81. The summed E-state index contributed by atoms with van der Waals surface area (Å²) >= 11 is 0. The maximum absolute atomic E-state index is 11.3. The number of rotatable bonds is 1. The molecule has 0 bridgehead atoms. The van der Waals surface area contributed by atoms with Crippen LogP contribution >= 0.6 is 0 Å². The molecule has 2 heterocycles.